The molecule has 0 radical (unpaired) electrons. The minimum absolute atomic E-state index is 0.0859. The molecule has 0 fully saturated rings. The third-order valence-corrected chi connectivity index (χ3v) is 3.23. The largest absolute Gasteiger partial charge is 0.504 e. The molecule has 2 aromatic carbocycles. The highest BCUT2D eigenvalue weighted by Crippen LogP contribution is 2.32. The maximum atomic E-state index is 12.3. The zero-order valence-corrected chi connectivity index (χ0v) is 12.1. The van der Waals surface area contributed by atoms with Gasteiger partial charge < -0.3 is 24.8 Å². The van der Waals surface area contributed by atoms with E-state index >= 15 is 0 Å². The molecule has 0 saturated carbocycles. The van der Waals surface area contributed by atoms with Crippen LogP contribution < -0.4 is 9.47 Å². The summed E-state index contributed by atoms with van der Waals surface area (Å²) in [6, 6.07) is 8.20. The second-order valence-electron chi connectivity index (χ2n) is 4.58. The van der Waals surface area contributed by atoms with Crippen molar-refractivity contribution in [1.29, 1.82) is 0 Å². The third kappa shape index (κ3) is 2.96. The predicted octanol–water partition coefficient (Wildman–Crippen LogP) is 2.03. The molecule has 0 saturated heterocycles. The number of ether oxygens (including phenoxy) is 2. The molecule has 0 aliphatic heterocycles. The Morgan fingerprint density at radius 3 is 2.09 bits per heavy atom. The predicted molar refractivity (Wildman–Crippen MR) is 78.6 cm³/mol. The van der Waals surface area contributed by atoms with Crippen molar-refractivity contribution in [2.45, 2.75) is 6.10 Å². The first-order valence-electron chi connectivity index (χ1n) is 6.44. The van der Waals surface area contributed by atoms with Crippen LogP contribution in [-0.4, -0.2) is 35.3 Å². The van der Waals surface area contributed by atoms with Crippen LogP contribution in [0.3, 0.4) is 0 Å². The van der Waals surface area contributed by atoms with E-state index < -0.39 is 11.9 Å². The Morgan fingerprint density at radius 2 is 1.50 bits per heavy atom. The summed E-state index contributed by atoms with van der Waals surface area (Å²) in [6.07, 6.45) is -1.43. The van der Waals surface area contributed by atoms with Crippen molar-refractivity contribution in [1.82, 2.24) is 0 Å². The molecule has 2 rings (SSSR count). The molecular formula is C16H16O6. The minimum Gasteiger partial charge on any atom is -0.504 e. The van der Waals surface area contributed by atoms with Gasteiger partial charge in [-0.25, -0.2) is 0 Å². The van der Waals surface area contributed by atoms with Crippen LogP contribution in [-0.2, 0) is 0 Å². The molecule has 0 heterocycles. The number of methoxy groups -OCH3 is 2. The van der Waals surface area contributed by atoms with Gasteiger partial charge in [-0.15, -0.1) is 0 Å². The highest BCUT2D eigenvalue weighted by atomic mass is 16.5. The molecule has 0 aliphatic rings. The molecule has 0 bridgehead atoms. The summed E-state index contributed by atoms with van der Waals surface area (Å²) in [5, 5.41) is 29.3. The van der Waals surface area contributed by atoms with E-state index in [-0.39, 0.29) is 34.1 Å². The van der Waals surface area contributed by atoms with Crippen LogP contribution in [0.5, 0.6) is 23.0 Å². The number of aliphatic hydroxyl groups excluding tert-OH is 1. The summed E-state index contributed by atoms with van der Waals surface area (Å²) in [4.78, 5) is 12.3. The molecular weight excluding hydrogens is 288 g/mol. The number of ketones is 1. The molecule has 0 aromatic heterocycles. The van der Waals surface area contributed by atoms with Gasteiger partial charge in [-0.05, 0) is 35.9 Å². The van der Waals surface area contributed by atoms with Gasteiger partial charge in [0.05, 0.1) is 14.2 Å². The second-order valence-corrected chi connectivity index (χ2v) is 4.58. The van der Waals surface area contributed by atoms with Gasteiger partial charge in [0, 0.05) is 5.56 Å². The first kappa shape index (κ1) is 15.7. The van der Waals surface area contributed by atoms with Crippen LogP contribution in [0.15, 0.2) is 36.4 Å². The number of benzene rings is 2. The molecule has 3 N–H and O–H groups in total. The van der Waals surface area contributed by atoms with Crippen molar-refractivity contribution < 1.29 is 29.6 Å². The van der Waals surface area contributed by atoms with Crippen LogP contribution in [0.25, 0.3) is 0 Å². The highest BCUT2D eigenvalue weighted by Gasteiger charge is 2.21. The fraction of sp³-hybridized carbons (Fsp3) is 0.188. The maximum absolute atomic E-state index is 12.3. The minimum atomic E-state index is -1.43. The summed E-state index contributed by atoms with van der Waals surface area (Å²) in [5.41, 5.74) is 0.473. The zero-order valence-electron chi connectivity index (χ0n) is 12.1. The van der Waals surface area contributed by atoms with Crippen molar-refractivity contribution in [3.8, 4) is 23.0 Å². The van der Waals surface area contributed by atoms with E-state index in [1.807, 2.05) is 0 Å². The number of rotatable bonds is 5. The maximum Gasteiger partial charge on any atom is 0.195 e. The normalized spacial score (nSPS) is 11.8. The van der Waals surface area contributed by atoms with E-state index in [1.54, 1.807) is 0 Å². The van der Waals surface area contributed by atoms with E-state index in [0.29, 0.717) is 0 Å². The Labute approximate surface area is 127 Å². The quantitative estimate of drug-likeness (QED) is 0.731. The lowest BCUT2D eigenvalue weighted by Crippen LogP contribution is -2.12. The van der Waals surface area contributed by atoms with Crippen LogP contribution in [0.4, 0.5) is 0 Å². The lowest BCUT2D eigenvalue weighted by molar-refractivity contribution is 0.0746. The van der Waals surface area contributed by atoms with Gasteiger partial charge in [0.25, 0.3) is 0 Å². The number of carbonyl (C=O) groups excluding carboxylic acids is 1. The van der Waals surface area contributed by atoms with Crippen LogP contribution in [0.1, 0.15) is 22.0 Å². The number of hydrogen-bond donors (Lipinski definition) is 3. The van der Waals surface area contributed by atoms with Gasteiger partial charge in [0.2, 0.25) is 0 Å². The molecule has 2 aromatic rings. The second kappa shape index (κ2) is 6.36. The van der Waals surface area contributed by atoms with E-state index in [9.17, 15) is 20.1 Å². The number of carbonyl (C=O) groups is 1. The Bertz CT molecular complexity index is 695. The van der Waals surface area contributed by atoms with E-state index in [0.717, 1.165) is 0 Å². The first-order valence-corrected chi connectivity index (χ1v) is 6.44. The number of phenols is 2. The number of phenolic OH excluding ortho intramolecular Hbond substituents is 2. The molecule has 6 heteroatoms. The molecule has 0 unspecified atom stereocenters. The molecule has 0 amide bonds. The first-order chi connectivity index (χ1) is 10.5. The third-order valence-electron chi connectivity index (χ3n) is 3.23. The standard InChI is InChI=1S/C16H16O6/c1-21-13-7-9(3-5-11(13)17)15(19)16(20)10-4-6-12(18)14(8-10)22-2/h3-8,15,17-19H,1-2H3/t15-/m1/s1. The van der Waals surface area contributed by atoms with E-state index in [4.69, 9.17) is 9.47 Å². The Morgan fingerprint density at radius 1 is 0.955 bits per heavy atom. The summed E-state index contributed by atoms with van der Waals surface area (Å²) < 4.78 is 9.88. The number of aromatic hydroxyl groups is 2. The van der Waals surface area contributed by atoms with E-state index in [1.165, 1.54) is 50.6 Å². The van der Waals surface area contributed by atoms with E-state index in [2.05, 4.69) is 0 Å². The summed E-state index contributed by atoms with van der Waals surface area (Å²) in [6.45, 7) is 0. The topological polar surface area (TPSA) is 96.2 Å². The number of Topliss-reactive ketones (excluding diaryl/α,β-unsaturated/α-hetero) is 1. The Balaban J connectivity index is 2.32. The smallest absolute Gasteiger partial charge is 0.195 e. The van der Waals surface area contributed by atoms with Crippen molar-refractivity contribution >= 4 is 5.78 Å². The van der Waals surface area contributed by atoms with Gasteiger partial charge in [-0.3, -0.25) is 4.79 Å². The zero-order chi connectivity index (χ0) is 16.3. The van der Waals surface area contributed by atoms with Crippen LogP contribution >= 0.6 is 0 Å². The summed E-state index contributed by atoms with van der Waals surface area (Å²) >= 11 is 0. The van der Waals surface area contributed by atoms with Gasteiger partial charge in [-0.1, -0.05) is 6.07 Å². The monoisotopic (exact) mass is 304 g/mol. The molecule has 6 nitrogen and oxygen atoms in total. The highest BCUT2D eigenvalue weighted by molar-refractivity contribution is 6.00. The van der Waals surface area contributed by atoms with Crippen molar-refractivity contribution in [3.63, 3.8) is 0 Å². The lowest BCUT2D eigenvalue weighted by Gasteiger charge is -2.13. The molecule has 1 atom stereocenters. The molecule has 0 aliphatic carbocycles. The fourth-order valence-electron chi connectivity index (χ4n) is 2.00. The summed E-state index contributed by atoms with van der Waals surface area (Å²) in [7, 11) is 2.74. The van der Waals surface area contributed by atoms with Gasteiger partial charge in [0.15, 0.2) is 28.8 Å². The average Bonchev–Trinajstić information content (AvgIpc) is 2.54. The van der Waals surface area contributed by atoms with Crippen molar-refractivity contribution in [2.75, 3.05) is 14.2 Å². The Hall–Kier alpha value is -2.73. The van der Waals surface area contributed by atoms with Gasteiger partial charge >= 0.3 is 0 Å². The van der Waals surface area contributed by atoms with Crippen LogP contribution in [0, 0.1) is 0 Å². The van der Waals surface area contributed by atoms with Crippen molar-refractivity contribution in [2.24, 2.45) is 0 Å². The number of hydrogen-bond acceptors (Lipinski definition) is 6. The molecule has 22 heavy (non-hydrogen) atoms. The fourth-order valence-corrected chi connectivity index (χ4v) is 2.00. The van der Waals surface area contributed by atoms with Crippen molar-refractivity contribution in [3.05, 3.63) is 47.5 Å². The Kier molecular flexibility index (Phi) is 4.53. The average molecular weight is 304 g/mol. The number of aliphatic hydroxyl groups is 1. The van der Waals surface area contributed by atoms with Gasteiger partial charge in [-0.2, -0.15) is 0 Å². The molecule has 0 spiro atoms. The van der Waals surface area contributed by atoms with Crippen LogP contribution in [0.2, 0.25) is 0 Å². The van der Waals surface area contributed by atoms with Gasteiger partial charge in [0.1, 0.15) is 6.10 Å². The lowest BCUT2D eigenvalue weighted by atomic mass is 9.99. The SMILES string of the molecule is COc1cc(C(=O)[C@H](O)c2ccc(O)c(OC)c2)ccc1O. The molecule has 116 valence electrons. The summed E-state index contributed by atoms with van der Waals surface area (Å²) in [5.74, 6) is -0.447.